The minimum atomic E-state index is -1.10. The average molecular weight is 437 g/mol. The Bertz CT molecular complexity index is 788. The van der Waals surface area contributed by atoms with Crippen LogP contribution in [0.5, 0.6) is 0 Å². The molecule has 5 nitrogen and oxygen atoms in total. The Balaban J connectivity index is 1.59. The van der Waals surface area contributed by atoms with Crippen molar-refractivity contribution in [1.82, 2.24) is 0 Å². The van der Waals surface area contributed by atoms with Crippen molar-refractivity contribution in [3.63, 3.8) is 0 Å². The lowest BCUT2D eigenvalue weighted by atomic mass is 9.44. The third-order valence-corrected chi connectivity index (χ3v) is 10.5. The molecule has 168 valence electrons. The zero-order valence-corrected chi connectivity index (χ0v) is 19.2. The number of rotatable bonds is 4. The highest BCUT2D eigenvalue weighted by atomic mass is 32.1. The molecular weight excluding hydrogens is 400 g/mol. The third kappa shape index (κ3) is 3.33. The van der Waals surface area contributed by atoms with Crippen molar-refractivity contribution in [2.75, 3.05) is 0 Å². The lowest BCUT2D eigenvalue weighted by Gasteiger charge is -2.60. The summed E-state index contributed by atoms with van der Waals surface area (Å²) in [5.41, 5.74) is -0.0695. The second kappa shape index (κ2) is 7.84. The quantitative estimate of drug-likeness (QED) is 0.656. The van der Waals surface area contributed by atoms with Gasteiger partial charge in [-0.1, -0.05) is 20.8 Å². The normalized spacial score (nSPS) is 46.3. The number of aliphatic carboxylic acids is 1. The molecule has 4 fully saturated rings. The van der Waals surface area contributed by atoms with Crippen LogP contribution in [0, 0.1) is 46.3 Å². The minimum Gasteiger partial charge on any atom is -0.477 e. The Morgan fingerprint density at radius 3 is 2.57 bits per heavy atom. The van der Waals surface area contributed by atoms with Crippen molar-refractivity contribution in [3.8, 4) is 0 Å². The van der Waals surface area contributed by atoms with Crippen LogP contribution in [0.15, 0.2) is 0 Å². The largest absolute Gasteiger partial charge is 0.477 e. The highest BCUT2D eigenvalue weighted by molar-refractivity contribution is 7.68. The molecule has 0 aliphatic heterocycles. The van der Waals surface area contributed by atoms with Crippen molar-refractivity contribution in [2.24, 2.45) is 46.3 Å². The van der Waals surface area contributed by atoms with Gasteiger partial charge in [-0.3, -0.25) is 4.79 Å². The molecule has 4 saturated carbocycles. The monoisotopic (exact) mass is 436 g/mol. The molecule has 30 heavy (non-hydrogen) atoms. The smallest absolute Gasteiger partial charge is 0.344 e. The minimum absolute atomic E-state index is 0.0108. The fraction of sp³-hybridized carbons (Fsp3) is 0.875. The maximum absolute atomic E-state index is 13.7. The van der Waals surface area contributed by atoms with E-state index in [2.05, 4.69) is 20.8 Å². The average Bonchev–Trinajstić information content (AvgIpc) is 3.02. The number of aliphatic hydroxyl groups is 1. The molecule has 0 amide bonds. The van der Waals surface area contributed by atoms with E-state index in [0.29, 0.717) is 36.4 Å². The van der Waals surface area contributed by atoms with Gasteiger partial charge in [-0.05, 0) is 91.8 Å². The molecule has 0 bridgehead atoms. The Morgan fingerprint density at radius 2 is 1.90 bits per heavy atom. The zero-order chi connectivity index (χ0) is 21.8. The van der Waals surface area contributed by atoms with Crippen molar-refractivity contribution >= 4 is 27.9 Å². The molecule has 9 atom stereocenters. The summed E-state index contributed by atoms with van der Waals surface area (Å²) in [4.78, 5) is 25.0. The second-order valence-corrected chi connectivity index (χ2v) is 11.9. The van der Waals surface area contributed by atoms with Gasteiger partial charge in [0.05, 0.1) is 17.4 Å². The lowest BCUT2D eigenvalue weighted by Crippen LogP contribution is -2.58. The molecule has 0 spiro atoms. The van der Waals surface area contributed by atoms with Gasteiger partial charge in [0.1, 0.15) is 10.6 Å². The topological polar surface area (TPSA) is 91.7 Å². The highest BCUT2D eigenvalue weighted by Gasteiger charge is 2.63. The predicted molar refractivity (Wildman–Crippen MR) is 116 cm³/mol. The number of Topliss-reactive ketones (excluding diaryl/α,β-unsaturated/α-hetero) is 1. The lowest BCUT2D eigenvalue weighted by molar-refractivity contribution is -0.162. The number of fused-ring (bicyclic) bond motifs is 5. The number of carboxylic acid groups (broad SMARTS) is 1. The molecule has 0 heterocycles. The molecule has 0 unspecified atom stereocenters. The first-order valence-electron chi connectivity index (χ1n) is 11.7. The van der Waals surface area contributed by atoms with Gasteiger partial charge in [-0.15, -0.1) is 0 Å². The van der Waals surface area contributed by atoms with Crippen molar-refractivity contribution < 1.29 is 24.0 Å². The van der Waals surface area contributed by atoms with E-state index >= 15 is 0 Å². The van der Waals surface area contributed by atoms with E-state index in [4.69, 9.17) is 0 Å². The summed E-state index contributed by atoms with van der Waals surface area (Å²) in [5, 5.41) is 19.5. The summed E-state index contributed by atoms with van der Waals surface area (Å²) in [6.07, 6.45) is 7.60. The zero-order valence-electron chi connectivity index (χ0n) is 18.4. The molecule has 4 aliphatic rings. The van der Waals surface area contributed by atoms with Gasteiger partial charge in [-0.2, -0.15) is 0 Å². The predicted octanol–water partition coefficient (Wildman–Crippen LogP) is 3.68. The van der Waals surface area contributed by atoms with Crippen molar-refractivity contribution in [2.45, 2.75) is 84.7 Å². The van der Waals surface area contributed by atoms with Crippen molar-refractivity contribution in [1.29, 1.82) is 0 Å². The SMILES string of the molecule is C[C@H](CC(=S=O)C(=O)O)[C@H]1CC[C@H]2[C@@H]3CC[C@@H]4C[C@H](O)CC[C@]4(C)[C@H]3C(=O)C[C@]12C. The number of carbonyl (C=O) groups is 2. The molecule has 0 radical (unpaired) electrons. The van der Waals surface area contributed by atoms with Gasteiger partial charge in [-0.25, -0.2) is 9.00 Å². The number of carbonyl (C=O) groups excluding carboxylic acids is 1. The molecule has 0 saturated heterocycles. The van der Waals surface area contributed by atoms with E-state index in [1.165, 1.54) is 0 Å². The number of hydrogen-bond acceptors (Lipinski definition) is 4. The molecule has 2 N–H and O–H groups in total. The van der Waals surface area contributed by atoms with Crippen LogP contribution in [0.4, 0.5) is 0 Å². The van der Waals surface area contributed by atoms with E-state index < -0.39 is 5.97 Å². The fourth-order valence-corrected chi connectivity index (χ4v) is 9.02. The number of ketones is 1. The van der Waals surface area contributed by atoms with Gasteiger partial charge in [0, 0.05) is 12.3 Å². The van der Waals surface area contributed by atoms with Crippen LogP contribution in [0.2, 0.25) is 0 Å². The first-order valence-corrected chi connectivity index (χ1v) is 12.5. The van der Waals surface area contributed by atoms with Crippen molar-refractivity contribution in [3.05, 3.63) is 0 Å². The first kappa shape index (κ1) is 22.2. The summed E-state index contributed by atoms with van der Waals surface area (Å²) in [7, 11) is 0. The van der Waals surface area contributed by atoms with Crippen LogP contribution >= 0.6 is 0 Å². The highest BCUT2D eigenvalue weighted by Crippen LogP contribution is 2.67. The fourth-order valence-electron chi connectivity index (χ4n) is 8.61. The Hall–Kier alpha value is -1.01. The first-order chi connectivity index (χ1) is 14.1. The van der Waals surface area contributed by atoms with E-state index in [-0.39, 0.29) is 50.8 Å². The van der Waals surface area contributed by atoms with Crippen LogP contribution < -0.4 is 0 Å². The maximum Gasteiger partial charge on any atom is 0.344 e. The second-order valence-electron chi connectivity index (χ2n) is 11.3. The number of hydrogen-bond donors (Lipinski definition) is 2. The van der Waals surface area contributed by atoms with E-state index in [0.717, 1.165) is 44.9 Å². The molecule has 0 aromatic rings. The molecule has 4 aliphatic carbocycles. The van der Waals surface area contributed by atoms with E-state index in [1.807, 2.05) is 0 Å². The van der Waals surface area contributed by atoms with E-state index in [9.17, 15) is 24.0 Å². The van der Waals surface area contributed by atoms with Crippen LogP contribution in [0.1, 0.15) is 78.6 Å². The summed E-state index contributed by atoms with van der Waals surface area (Å²) in [6.45, 7) is 6.65. The van der Waals surface area contributed by atoms with Gasteiger partial charge in [0.25, 0.3) is 0 Å². The van der Waals surface area contributed by atoms with Gasteiger partial charge < -0.3 is 10.2 Å². The summed E-state index contributed by atoms with van der Waals surface area (Å²) in [6, 6.07) is 0. The standard InChI is InChI=1S/C24H36O5S/c1-13(10-20(30-29)22(27)28)17-6-7-18-16-5-4-14-11-15(25)8-9-23(14,2)21(16)19(26)12-24(17,18)3/h13-18,21,25H,4-12H2,1-3H3,(H,27,28)/t13-,14-,15-,16+,17-,18+,21-,23+,24-/m1/s1. The summed E-state index contributed by atoms with van der Waals surface area (Å²) in [5.74, 6) is 1.17. The van der Waals surface area contributed by atoms with Crippen LogP contribution in [0.25, 0.3) is 0 Å². The Morgan fingerprint density at radius 1 is 1.17 bits per heavy atom. The van der Waals surface area contributed by atoms with Gasteiger partial charge >= 0.3 is 5.97 Å². The molecule has 0 aromatic carbocycles. The molecule has 4 rings (SSSR count). The number of aliphatic hydroxyl groups excluding tert-OH is 1. The molecular formula is C24H36O5S. The Labute approximate surface area is 183 Å². The van der Waals surface area contributed by atoms with Crippen LogP contribution in [-0.2, 0) is 20.8 Å². The summed E-state index contributed by atoms with van der Waals surface area (Å²) < 4.78 is 11.2. The van der Waals surface area contributed by atoms with Crippen LogP contribution in [-0.4, -0.2) is 37.1 Å². The van der Waals surface area contributed by atoms with Gasteiger partial charge in [0.2, 0.25) is 0 Å². The summed E-state index contributed by atoms with van der Waals surface area (Å²) >= 11 is 0.104. The van der Waals surface area contributed by atoms with Gasteiger partial charge in [0.15, 0.2) is 0 Å². The maximum atomic E-state index is 13.7. The molecule has 6 heteroatoms. The van der Waals surface area contributed by atoms with E-state index in [1.54, 1.807) is 0 Å². The number of carboxylic acids is 1. The molecule has 0 aromatic heterocycles. The third-order valence-electron chi connectivity index (χ3n) is 9.93. The van der Waals surface area contributed by atoms with Crippen LogP contribution in [0.3, 0.4) is 0 Å². The Kier molecular flexibility index (Phi) is 5.80.